The van der Waals surface area contributed by atoms with Crippen molar-refractivity contribution in [3.05, 3.63) is 53.6 Å². The third-order valence-electron chi connectivity index (χ3n) is 2.67. The Morgan fingerprint density at radius 1 is 1.16 bits per heavy atom. The minimum Gasteiger partial charge on any atom is -0.508 e. The molecule has 0 aliphatic carbocycles. The molecule has 0 fully saturated rings. The molecule has 2 rings (SSSR count). The van der Waals surface area contributed by atoms with E-state index < -0.39 is 0 Å². The Morgan fingerprint density at radius 3 is 2.53 bits per heavy atom. The van der Waals surface area contributed by atoms with E-state index in [1.165, 1.54) is 0 Å². The number of carbonyl (C=O) groups is 1. The Labute approximate surface area is 111 Å². The van der Waals surface area contributed by atoms with Gasteiger partial charge in [0.15, 0.2) is 6.29 Å². The van der Waals surface area contributed by atoms with Crippen LogP contribution in [0.4, 0.5) is 0 Å². The molecule has 0 spiro atoms. The first-order chi connectivity index (χ1) is 9.22. The highest BCUT2D eigenvalue weighted by Crippen LogP contribution is 2.23. The van der Waals surface area contributed by atoms with Crippen molar-refractivity contribution in [1.82, 2.24) is 0 Å². The second-order valence-corrected chi connectivity index (χ2v) is 3.98. The lowest BCUT2D eigenvalue weighted by Crippen LogP contribution is -1.98. The number of rotatable bonds is 5. The van der Waals surface area contributed by atoms with Crippen molar-refractivity contribution < 1.29 is 19.4 Å². The molecule has 0 bridgehead atoms. The second-order valence-electron chi connectivity index (χ2n) is 3.98. The first-order valence-corrected chi connectivity index (χ1v) is 5.77. The van der Waals surface area contributed by atoms with Gasteiger partial charge in [0.05, 0.1) is 12.7 Å². The normalized spacial score (nSPS) is 9.95. The standard InChI is InChI=1S/C15H14O4/c1-18-14-6-7-15(12(8-14)9-16)19-10-11-2-4-13(17)5-3-11/h2-9,17H,10H2,1H3. The van der Waals surface area contributed by atoms with Crippen LogP contribution in [0.15, 0.2) is 42.5 Å². The molecule has 0 radical (unpaired) electrons. The zero-order chi connectivity index (χ0) is 13.7. The van der Waals surface area contributed by atoms with Gasteiger partial charge >= 0.3 is 0 Å². The Morgan fingerprint density at radius 2 is 1.89 bits per heavy atom. The first-order valence-electron chi connectivity index (χ1n) is 5.77. The number of benzene rings is 2. The first kappa shape index (κ1) is 13.0. The van der Waals surface area contributed by atoms with Crippen LogP contribution >= 0.6 is 0 Å². The van der Waals surface area contributed by atoms with E-state index in [2.05, 4.69) is 0 Å². The van der Waals surface area contributed by atoms with Gasteiger partial charge in [0.25, 0.3) is 0 Å². The molecule has 0 aromatic heterocycles. The number of hydrogen-bond donors (Lipinski definition) is 1. The molecule has 4 nitrogen and oxygen atoms in total. The third kappa shape index (κ3) is 3.25. The van der Waals surface area contributed by atoms with Crippen LogP contribution in [0.1, 0.15) is 15.9 Å². The van der Waals surface area contributed by atoms with E-state index in [1.54, 1.807) is 49.6 Å². The summed E-state index contributed by atoms with van der Waals surface area (Å²) in [5.74, 6) is 1.32. The molecule has 19 heavy (non-hydrogen) atoms. The molecule has 2 aromatic carbocycles. The van der Waals surface area contributed by atoms with Crippen molar-refractivity contribution in [3.63, 3.8) is 0 Å². The monoisotopic (exact) mass is 258 g/mol. The number of aldehydes is 1. The fourth-order valence-corrected chi connectivity index (χ4v) is 1.63. The summed E-state index contributed by atoms with van der Waals surface area (Å²) >= 11 is 0. The molecule has 1 N–H and O–H groups in total. The molecule has 0 atom stereocenters. The molecule has 0 amide bonds. The highest BCUT2D eigenvalue weighted by molar-refractivity contribution is 5.80. The summed E-state index contributed by atoms with van der Waals surface area (Å²) in [5, 5.41) is 9.18. The van der Waals surface area contributed by atoms with E-state index in [4.69, 9.17) is 9.47 Å². The SMILES string of the molecule is COc1ccc(OCc2ccc(O)cc2)c(C=O)c1. The maximum atomic E-state index is 11.0. The van der Waals surface area contributed by atoms with Gasteiger partial charge in [-0.3, -0.25) is 4.79 Å². The number of ether oxygens (including phenoxy) is 2. The number of aromatic hydroxyl groups is 1. The number of carbonyl (C=O) groups excluding carboxylic acids is 1. The van der Waals surface area contributed by atoms with Crippen LogP contribution < -0.4 is 9.47 Å². The zero-order valence-electron chi connectivity index (χ0n) is 10.5. The van der Waals surface area contributed by atoms with Gasteiger partial charge in [0, 0.05) is 0 Å². The minimum atomic E-state index is 0.210. The number of hydrogen-bond acceptors (Lipinski definition) is 4. The molecule has 0 aliphatic heterocycles. The average molecular weight is 258 g/mol. The predicted octanol–water partition coefficient (Wildman–Crippen LogP) is 2.79. The molecular weight excluding hydrogens is 244 g/mol. The van der Waals surface area contributed by atoms with Crippen molar-refractivity contribution in [3.8, 4) is 17.2 Å². The van der Waals surface area contributed by atoms with Gasteiger partial charge in [-0.2, -0.15) is 0 Å². The fourth-order valence-electron chi connectivity index (χ4n) is 1.63. The molecule has 0 saturated carbocycles. The van der Waals surface area contributed by atoms with Crippen LogP contribution in [0.5, 0.6) is 17.2 Å². The Balaban J connectivity index is 2.10. The summed E-state index contributed by atoms with van der Waals surface area (Å²) in [6.45, 7) is 0.327. The lowest BCUT2D eigenvalue weighted by molar-refractivity contribution is 0.111. The average Bonchev–Trinajstić information content (AvgIpc) is 2.46. The van der Waals surface area contributed by atoms with Crippen molar-refractivity contribution in [2.45, 2.75) is 6.61 Å². The van der Waals surface area contributed by atoms with Crippen LogP contribution in [0, 0.1) is 0 Å². The third-order valence-corrected chi connectivity index (χ3v) is 2.67. The Kier molecular flexibility index (Phi) is 4.03. The molecule has 0 aliphatic rings. The lowest BCUT2D eigenvalue weighted by atomic mass is 10.2. The Bertz CT molecular complexity index is 561. The summed E-state index contributed by atoms with van der Waals surface area (Å²) in [6.07, 6.45) is 0.731. The van der Waals surface area contributed by atoms with Crippen molar-refractivity contribution >= 4 is 6.29 Å². The van der Waals surface area contributed by atoms with Gasteiger partial charge < -0.3 is 14.6 Å². The fraction of sp³-hybridized carbons (Fsp3) is 0.133. The highest BCUT2D eigenvalue weighted by atomic mass is 16.5. The summed E-state index contributed by atoms with van der Waals surface area (Å²) in [7, 11) is 1.54. The topological polar surface area (TPSA) is 55.8 Å². The van der Waals surface area contributed by atoms with Crippen LogP contribution in [0.2, 0.25) is 0 Å². The number of phenols is 1. The van der Waals surface area contributed by atoms with Crippen molar-refractivity contribution in [2.75, 3.05) is 7.11 Å². The summed E-state index contributed by atoms with van der Waals surface area (Å²) < 4.78 is 10.6. The summed E-state index contributed by atoms with van der Waals surface area (Å²) in [4.78, 5) is 11.0. The van der Waals surface area contributed by atoms with Crippen LogP contribution in [0.25, 0.3) is 0 Å². The second kappa shape index (κ2) is 5.91. The zero-order valence-corrected chi connectivity index (χ0v) is 10.5. The van der Waals surface area contributed by atoms with Crippen LogP contribution in [-0.2, 0) is 6.61 Å². The molecule has 0 heterocycles. The van der Waals surface area contributed by atoms with Crippen LogP contribution in [-0.4, -0.2) is 18.5 Å². The van der Waals surface area contributed by atoms with Gasteiger partial charge in [-0.1, -0.05) is 12.1 Å². The van der Waals surface area contributed by atoms with Gasteiger partial charge in [-0.05, 0) is 35.9 Å². The smallest absolute Gasteiger partial charge is 0.153 e. The van der Waals surface area contributed by atoms with E-state index >= 15 is 0 Å². The number of methoxy groups -OCH3 is 1. The van der Waals surface area contributed by atoms with Gasteiger partial charge in [-0.25, -0.2) is 0 Å². The number of phenolic OH excluding ortho intramolecular Hbond substituents is 1. The lowest BCUT2D eigenvalue weighted by Gasteiger charge is -2.09. The molecule has 0 unspecified atom stereocenters. The van der Waals surface area contributed by atoms with E-state index in [0.717, 1.165) is 11.8 Å². The van der Waals surface area contributed by atoms with Gasteiger partial charge in [0.1, 0.15) is 23.9 Å². The van der Waals surface area contributed by atoms with E-state index in [-0.39, 0.29) is 5.75 Å². The quantitative estimate of drug-likeness (QED) is 0.838. The van der Waals surface area contributed by atoms with Crippen molar-refractivity contribution in [1.29, 1.82) is 0 Å². The summed E-state index contributed by atoms with van der Waals surface area (Å²) in [5.41, 5.74) is 1.35. The molecule has 2 aromatic rings. The van der Waals surface area contributed by atoms with Gasteiger partial charge in [0.2, 0.25) is 0 Å². The maximum Gasteiger partial charge on any atom is 0.153 e. The molecule has 4 heteroatoms. The van der Waals surface area contributed by atoms with Crippen LogP contribution in [0.3, 0.4) is 0 Å². The largest absolute Gasteiger partial charge is 0.508 e. The predicted molar refractivity (Wildman–Crippen MR) is 70.8 cm³/mol. The highest BCUT2D eigenvalue weighted by Gasteiger charge is 2.05. The van der Waals surface area contributed by atoms with Crippen molar-refractivity contribution in [2.24, 2.45) is 0 Å². The molecule has 98 valence electrons. The summed E-state index contributed by atoms with van der Waals surface area (Å²) in [6, 6.07) is 11.8. The molecule has 0 saturated heterocycles. The maximum absolute atomic E-state index is 11.0. The minimum absolute atomic E-state index is 0.210. The molecular formula is C15H14O4. The van der Waals surface area contributed by atoms with E-state index in [0.29, 0.717) is 23.7 Å². The van der Waals surface area contributed by atoms with Gasteiger partial charge in [-0.15, -0.1) is 0 Å². The Hall–Kier alpha value is -2.49. The van der Waals surface area contributed by atoms with E-state index in [9.17, 15) is 9.90 Å². The van der Waals surface area contributed by atoms with E-state index in [1.807, 2.05) is 0 Å².